The average molecular weight is 416 g/mol. The van der Waals surface area contributed by atoms with Gasteiger partial charge >= 0.3 is 5.97 Å². The maximum absolute atomic E-state index is 13.3. The van der Waals surface area contributed by atoms with Crippen LogP contribution >= 0.6 is 0 Å². The summed E-state index contributed by atoms with van der Waals surface area (Å²) in [6, 6.07) is 6.77. The molecule has 29 heavy (non-hydrogen) atoms. The van der Waals surface area contributed by atoms with Gasteiger partial charge in [-0.3, -0.25) is 4.31 Å². The molecule has 0 aliphatic carbocycles. The molecule has 9 heteroatoms. The second-order valence-corrected chi connectivity index (χ2v) is 8.78. The Hall–Kier alpha value is -3.20. The van der Waals surface area contributed by atoms with Crippen LogP contribution in [0.4, 0.5) is 10.2 Å². The van der Waals surface area contributed by atoms with Crippen molar-refractivity contribution in [3.8, 4) is 11.3 Å². The fraction of sp³-hybridized carbons (Fsp3) is 0.200. The third kappa shape index (κ3) is 3.27. The highest BCUT2D eigenvalue weighted by atomic mass is 32.2. The zero-order valence-electron chi connectivity index (χ0n) is 15.5. The Morgan fingerprint density at radius 1 is 1.31 bits per heavy atom. The smallest absolute Gasteiger partial charge is 0.340 e. The number of sulfonamides is 1. The van der Waals surface area contributed by atoms with Gasteiger partial charge < -0.3 is 9.52 Å². The number of benzene rings is 1. The van der Waals surface area contributed by atoms with Crippen molar-refractivity contribution in [2.24, 2.45) is 0 Å². The normalized spacial score (nSPS) is 14.7. The lowest BCUT2D eigenvalue weighted by molar-refractivity contribution is 0.0699. The van der Waals surface area contributed by atoms with E-state index in [4.69, 9.17) is 4.42 Å². The number of carbonyl (C=O) groups is 1. The Kier molecular flexibility index (Phi) is 4.42. The highest BCUT2D eigenvalue weighted by molar-refractivity contribution is 7.92. The van der Waals surface area contributed by atoms with Crippen LogP contribution in [-0.2, 0) is 10.0 Å². The van der Waals surface area contributed by atoms with Crippen LogP contribution in [0.2, 0.25) is 0 Å². The van der Waals surface area contributed by atoms with E-state index in [1.54, 1.807) is 6.07 Å². The minimum Gasteiger partial charge on any atom is -0.478 e. The summed E-state index contributed by atoms with van der Waals surface area (Å²) in [7, 11) is -3.60. The van der Waals surface area contributed by atoms with Gasteiger partial charge in [-0.2, -0.15) is 4.98 Å². The number of anilines is 1. The number of aromatic nitrogens is 1. The topological polar surface area (TPSA) is 101 Å². The van der Waals surface area contributed by atoms with Crippen LogP contribution < -0.4 is 4.31 Å². The maximum Gasteiger partial charge on any atom is 0.340 e. The first-order valence-corrected chi connectivity index (χ1v) is 10.6. The lowest BCUT2D eigenvalue weighted by Gasteiger charge is -2.20. The van der Waals surface area contributed by atoms with Gasteiger partial charge in [-0.05, 0) is 48.7 Å². The summed E-state index contributed by atoms with van der Waals surface area (Å²) in [5.41, 5.74) is 1.38. The second-order valence-electron chi connectivity index (χ2n) is 6.87. The molecule has 0 amide bonds. The van der Waals surface area contributed by atoms with Crippen molar-refractivity contribution in [3.63, 3.8) is 0 Å². The van der Waals surface area contributed by atoms with Gasteiger partial charge in [0, 0.05) is 17.7 Å². The predicted octanol–water partition coefficient (Wildman–Crippen LogP) is 3.91. The van der Waals surface area contributed by atoms with Crippen LogP contribution in [0.25, 0.3) is 28.0 Å². The molecule has 4 rings (SSSR count). The molecule has 1 aliphatic rings. The SMILES string of the molecule is C=C1CCCN(S(C)(=O)=O)c2nc3oc(-c4ccc(F)cc4)c(C(=O)O)c3cc21. The molecule has 1 aliphatic heterocycles. The molecule has 0 unspecified atom stereocenters. The summed E-state index contributed by atoms with van der Waals surface area (Å²) in [5.74, 6) is -1.51. The molecule has 0 radical (unpaired) electrons. The van der Waals surface area contributed by atoms with Crippen molar-refractivity contribution in [2.75, 3.05) is 17.1 Å². The van der Waals surface area contributed by atoms with Crippen LogP contribution in [0.15, 0.2) is 41.3 Å². The zero-order chi connectivity index (χ0) is 20.9. The van der Waals surface area contributed by atoms with Gasteiger partial charge in [0.15, 0.2) is 11.6 Å². The number of allylic oxidation sites excluding steroid dienone is 1. The Balaban J connectivity index is 2.03. The number of carboxylic acids is 1. The van der Waals surface area contributed by atoms with Crippen molar-refractivity contribution < 1.29 is 27.1 Å². The van der Waals surface area contributed by atoms with Gasteiger partial charge in [0.25, 0.3) is 0 Å². The molecule has 0 atom stereocenters. The number of halogens is 1. The number of aromatic carboxylic acids is 1. The molecule has 3 aromatic rings. The van der Waals surface area contributed by atoms with E-state index in [1.165, 1.54) is 28.6 Å². The third-order valence-corrected chi connectivity index (χ3v) is 6.00. The molecule has 150 valence electrons. The predicted molar refractivity (Wildman–Crippen MR) is 107 cm³/mol. The lowest BCUT2D eigenvalue weighted by atomic mass is 10.0. The molecular formula is C20H17FN2O5S. The number of hydrogen-bond donors (Lipinski definition) is 1. The summed E-state index contributed by atoms with van der Waals surface area (Å²) < 4.78 is 44.7. The minimum absolute atomic E-state index is 0.0103. The number of hydrogen-bond acceptors (Lipinski definition) is 5. The minimum atomic E-state index is -3.60. The summed E-state index contributed by atoms with van der Waals surface area (Å²) in [5, 5.41) is 10.0. The number of nitrogens with zero attached hydrogens (tertiary/aromatic N) is 2. The second kappa shape index (κ2) is 6.70. The molecule has 3 heterocycles. The van der Waals surface area contributed by atoms with Crippen LogP contribution in [0, 0.1) is 5.82 Å². The van der Waals surface area contributed by atoms with Gasteiger partial charge in [0.2, 0.25) is 15.7 Å². The molecule has 2 aromatic heterocycles. The Bertz CT molecular complexity index is 1260. The molecule has 1 N–H and O–H groups in total. The van der Waals surface area contributed by atoms with Crippen LogP contribution in [-0.4, -0.2) is 37.3 Å². The summed E-state index contributed by atoms with van der Waals surface area (Å²) in [6.45, 7) is 4.24. The highest BCUT2D eigenvalue weighted by Gasteiger charge is 2.30. The van der Waals surface area contributed by atoms with E-state index in [2.05, 4.69) is 11.6 Å². The van der Waals surface area contributed by atoms with Crippen molar-refractivity contribution in [1.29, 1.82) is 0 Å². The Morgan fingerprint density at radius 2 is 2.00 bits per heavy atom. The summed E-state index contributed by atoms with van der Waals surface area (Å²) in [6.07, 6.45) is 2.21. The van der Waals surface area contributed by atoms with E-state index in [0.717, 1.165) is 6.26 Å². The number of fused-ring (bicyclic) bond motifs is 2. The summed E-state index contributed by atoms with van der Waals surface area (Å²) >= 11 is 0. The van der Waals surface area contributed by atoms with E-state index < -0.39 is 21.8 Å². The highest BCUT2D eigenvalue weighted by Crippen LogP contribution is 2.39. The molecule has 7 nitrogen and oxygen atoms in total. The molecule has 0 spiro atoms. The van der Waals surface area contributed by atoms with Gasteiger partial charge in [-0.1, -0.05) is 6.58 Å². The number of furan rings is 1. The largest absolute Gasteiger partial charge is 0.478 e. The first-order chi connectivity index (χ1) is 13.7. The van der Waals surface area contributed by atoms with E-state index in [9.17, 15) is 22.7 Å². The van der Waals surface area contributed by atoms with Gasteiger partial charge in [-0.25, -0.2) is 17.6 Å². The quantitative estimate of drug-likeness (QED) is 0.695. The first kappa shape index (κ1) is 19.1. The lowest BCUT2D eigenvalue weighted by Crippen LogP contribution is -2.31. The van der Waals surface area contributed by atoms with Crippen LogP contribution in [0.5, 0.6) is 0 Å². The van der Waals surface area contributed by atoms with Crippen LogP contribution in [0.1, 0.15) is 28.8 Å². The fourth-order valence-corrected chi connectivity index (χ4v) is 4.39. The van der Waals surface area contributed by atoms with Crippen LogP contribution in [0.3, 0.4) is 0 Å². The molecular weight excluding hydrogens is 399 g/mol. The molecule has 0 bridgehead atoms. The summed E-state index contributed by atoms with van der Waals surface area (Å²) in [4.78, 5) is 16.4. The van der Waals surface area contributed by atoms with Crippen molar-refractivity contribution in [1.82, 2.24) is 4.98 Å². The van der Waals surface area contributed by atoms with Gasteiger partial charge in [0.1, 0.15) is 11.4 Å². The van der Waals surface area contributed by atoms with Crippen molar-refractivity contribution in [2.45, 2.75) is 12.8 Å². The standard InChI is InChI=1S/C20H17FN2O5S/c1-11-4-3-9-23(29(2,26)27)18-14(11)10-15-16(20(24)25)17(28-19(15)22-18)12-5-7-13(21)8-6-12/h5-8,10H,1,3-4,9H2,2H3,(H,24,25). The maximum atomic E-state index is 13.3. The van der Waals surface area contributed by atoms with E-state index in [0.29, 0.717) is 29.5 Å². The number of pyridine rings is 1. The molecule has 0 fully saturated rings. The van der Waals surface area contributed by atoms with Gasteiger partial charge in [0.05, 0.1) is 11.6 Å². The number of carboxylic acid groups (broad SMARTS) is 1. The fourth-order valence-electron chi connectivity index (χ4n) is 3.48. The first-order valence-electron chi connectivity index (χ1n) is 8.79. The monoisotopic (exact) mass is 416 g/mol. The third-order valence-electron chi connectivity index (χ3n) is 4.84. The average Bonchev–Trinajstić information content (AvgIpc) is 2.93. The van der Waals surface area contributed by atoms with E-state index >= 15 is 0 Å². The molecule has 0 saturated carbocycles. The number of rotatable bonds is 3. The van der Waals surface area contributed by atoms with E-state index in [-0.39, 0.29) is 34.8 Å². The van der Waals surface area contributed by atoms with Gasteiger partial charge in [-0.15, -0.1) is 0 Å². The van der Waals surface area contributed by atoms with E-state index in [1.807, 2.05) is 0 Å². The van der Waals surface area contributed by atoms with Crippen molar-refractivity contribution >= 4 is 38.5 Å². The molecule has 1 aromatic carbocycles. The Morgan fingerprint density at radius 3 is 2.62 bits per heavy atom. The molecule has 0 saturated heterocycles. The zero-order valence-corrected chi connectivity index (χ0v) is 16.3. The Labute approximate surface area is 166 Å². The van der Waals surface area contributed by atoms with Crippen molar-refractivity contribution in [3.05, 3.63) is 53.9 Å².